The summed E-state index contributed by atoms with van der Waals surface area (Å²) in [5.74, 6) is 0. The lowest BCUT2D eigenvalue weighted by Crippen LogP contribution is -2.36. The van der Waals surface area contributed by atoms with Crippen LogP contribution in [0.25, 0.3) is 0 Å². The molecule has 3 nitrogen and oxygen atoms in total. The minimum Gasteiger partial charge on any atom is -0.368 e. The Kier molecular flexibility index (Phi) is 4.46. The van der Waals surface area contributed by atoms with Gasteiger partial charge in [0.2, 0.25) is 0 Å². The van der Waals surface area contributed by atoms with E-state index >= 15 is 0 Å². The molecular weight excluding hydrogens is 234 g/mol. The molecule has 1 atom stereocenters. The van der Waals surface area contributed by atoms with Gasteiger partial charge in [0.15, 0.2) is 0 Å². The Morgan fingerprint density at radius 2 is 2.21 bits per heavy atom. The highest BCUT2D eigenvalue weighted by Gasteiger charge is 2.25. The number of hydrogen-bond acceptors (Lipinski definition) is 3. The van der Waals surface area contributed by atoms with Crippen LogP contribution in [0.15, 0.2) is 18.5 Å². The maximum absolute atomic E-state index is 4.30. The van der Waals surface area contributed by atoms with Gasteiger partial charge in [0.25, 0.3) is 0 Å². The molecule has 0 bridgehead atoms. The quantitative estimate of drug-likeness (QED) is 0.901. The fourth-order valence-corrected chi connectivity index (χ4v) is 2.77. The Labute approximate surface area is 117 Å². The van der Waals surface area contributed by atoms with Gasteiger partial charge in [0.1, 0.15) is 0 Å². The Balaban J connectivity index is 2.16. The predicted octanol–water partition coefficient (Wildman–Crippen LogP) is 3.35. The third kappa shape index (κ3) is 3.69. The fraction of sp³-hybridized carbons (Fsp3) is 0.688. The summed E-state index contributed by atoms with van der Waals surface area (Å²) in [7, 11) is 0. The van der Waals surface area contributed by atoms with Crippen LogP contribution in [0.5, 0.6) is 0 Å². The smallest absolute Gasteiger partial charge is 0.0445 e. The monoisotopic (exact) mass is 261 g/mol. The van der Waals surface area contributed by atoms with Gasteiger partial charge < -0.3 is 10.2 Å². The highest BCUT2D eigenvalue weighted by atomic mass is 15.2. The fourth-order valence-electron chi connectivity index (χ4n) is 2.77. The van der Waals surface area contributed by atoms with Gasteiger partial charge in [0, 0.05) is 48.3 Å². The summed E-state index contributed by atoms with van der Waals surface area (Å²) in [5, 5.41) is 3.57. The van der Waals surface area contributed by atoms with Crippen molar-refractivity contribution < 1.29 is 0 Å². The number of anilines is 1. The van der Waals surface area contributed by atoms with Crippen LogP contribution < -0.4 is 10.2 Å². The largest absolute Gasteiger partial charge is 0.368 e. The first-order chi connectivity index (χ1) is 9.01. The van der Waals surface area contributed by atoms with Crippen molar-refractivity contribution in [3.05, 3.63) is 24.0 Å². The molecule has 0 aliphatic carbocycles. The molecule has 2 heterocycles. The van der Waals surface area contributed by atoms with Crippen molar-refractivity contribution in [2.24, 2.45) is 0 Å². The summed E-state index contributed by atoms with van der Waals surface area (Å²) in [6.07, 6.45) is 7.80. The Bertz CT molecular complexity index is 409. The third-order valence-corrected chi connectivity index (χ3v) is 3.84. The van der Waals surface area contributed by atoms with E-state index in [1.807, 2.05) is 12.4 Å². The van der Waals surface area contributed by atoms with Crippen LogP contribution in [0.3, 0.4) is 0 Å². The second kappa shape index (κ2) is 5.91. The molecule has 1 fully saturated rings. The van der Waals surface area contributed by atoms with E-state index in [9.17, 15) is 0 Å². The van der Waals surface area contributed by atoms with Crippen molar-refractivity contribution >= 4 is 5.69 Å². The number of aromatic nitrogens is 1. The summed E-state index contributed by atoms with van der Waals surface area (Å²) in [6.45, 7) is 11.0. The van der Waals surface area contributed by atoms with Gasteiger partial charge in [-0.05, 0) is 46.1 Å². The third-order valence-electron chi connectivity index (χ3n) is 3.84. The molecule has 0 amide bonds. The predicted molar refractivity (Wildman–Crippen MR) is 81.5 cm³/mol. The molecule has 1 saturated heterocycles. The number of rotatable bonds is 4. The van der Waals surface area contributed by atoms with Gasteiger partial charge in [-0.15, -0.1) is 0 Å². The molecule has 1 N–H and O–H groups in total. The van der Waals surface area contributed by atoms with E-state index in [0.29, 0.717) is 6.04 Å². The number of pyridine rings is 1. The van der Waals surface area contributed by atoms with Crippen molar-refractivity contribution in [1.82, 2.24) is 10.3 Å². The van der Waals surface area contributed by atoms with E-state index in [4.69, 9.17) is 0 Å². The topological polar surface area (TPSA) is 28.2 Å². The van der Waals surface area contributed by atoms with Crippen molar-refractivity contribution in [3.63, 3.8) is 0 Å². The molecular formula is C16H27N3. The molecule has 1 aliphatic heterocycles. The Morgan fingerprint density at radius 1 is 1.42 bits per heavy atom. The van der Waals surface area contributed by atoms with Crippen molar-refractivity contribution in [2.75, 3.05) is 11.4 Å². The first kappa shape index (κ1) is 14.3. The average Bonchev–Trinajstić information content (AvgIpc) is 2.84. The molecule has 1 aromatic heterocycles. The first-order valence-electron chi connectivity index (χ1n) is 7.46. The molecule has 0 radical (unpaired) electrons. The van der Waals surface area contributed by atoms with Gasteiger partial charge >= 0.3 is 0 Å². The number of nitrogens with one attached hydrogen (secondary N) is 1. The van der Waals surface area contributed by atoms with Crippen LogP contribution in [0.4, 0.5) is 5.69 Å². The minimum atomic E-state index is 0.141. The van der Waals surface area contributed by atoms with E-state index < -0.39 is 0 Å². The summed E-state index contributed by atoms with van der Waals surface area (Å²) in [6, 6.07) is 2.88. The zero-order valence-corrected chi connectivity index (χ0v) is 12.7. The van der Waals surface area contributed by atoms with Crippen LogP contribution in [0, 0.1) is 0 Å². The highest BCUT2D eigenvalue weighted by molar-refractivity contribution is 5.54. The highest BCUT2D eigenvalue weighted by Crippen LogP contribution is 2.29. The zero-order valence-electron chi connectivity index (χ0n) is 12.7. The first-order valence-corrected chi connectivity index (χ1v) is 7.46. The Morgan fingerprint density at radius 3 is 2.89 bits per heavy atom. The molecule has 1 unspecified atom stereocenters. The maximum Gasteiger partial charge on any atom is 0.0445 e. The zero-order chi connectivity index (χ0) is 13.9. The van der Waals surface area contributed by atoms with E-state index in [2.05, 4.69) is 49.0 Å². The normalized spacial score (nSPS) is 20.0. The molecule has 19 heavy (non-hydrogen) atoms. The van der Waals surface area contributed by atoms with Gasteiger partial charge in [-0.2, -0.15) is 0 Å². The van der Waals surface area contributed by atoms with Crippen LogP contribution in [-0.2, 0) is 6.54 Å². The maximum atomic E-state index is 4.30. The second-order valence-electron chi connectivity index (χ2n) is 6.51. The molecule has 2 rings (SSSR count). The van der Waals surface area contributed by atoms with Crippen LogP contribution in [0.1, 0.15) is 52.5 Å². The lowest BCUT2D eigenvalue weighted by molar-refractivity contribution is 0.424. The molecule has 0 spiro atoms. The summed E-state index contributed by atoms with van der Waals surface area (Å²) in [4.78, 5) is 6.87. The minimum absolute atomic E-state index is 0.141. The van der Waals surface area contributed by atoms with Gasteiger partial charge in [-0.3, -0.25) is 4.98 Å². The van der Waals surface area contributed by atoms with Crippen LogP contribution in [-0.4, -0.2) is 23.1 Å². The molecule has 0 aromatic carbocycles. The van der Waals surface area contributed by atoms with Gasteiger partial charge in [0.05, 0.1) is 0 Å². The molecule has 1 aromatic rings. The number of hydrogen-bond donors (Lipinski definition) is 1. The van der Waals surface area contributed by atoms with Crippen molar-refractivity contribution in [3.8, 4) is 0 Å². The standard InChI is InChI=1S/C16H27N3/c1-5-14-7-6-10-19(14)15-8-9-17-11-13(15)12-18-16(2,3)4/h8-9,11,14,18H,5-7,10,12H2,1-4H3. The summed E-state index contributed by atoms with van der Waals surface area (Å²) < 4.78 is 0. The summed E-state index contributed by atoms with van der Waals surface area (Å²) in [5.41, 5.74) is 2.83. The van der Waals surface area contributed by atoms with E-state index in [1.54, 1.807) is 0 Å². The van der Waals surface area contributed by atoms with Gasteiger partial charge in [-0.1, -0.05) is 6.92 Å². The van der Waals surface area contributed by atoms with E-state index in [-0.39, 0.29) is 5.54 Å². The average molecular weight is 261 g/mol. The lowest BCUT2D eigenvalue weighted by atomic mass is 10.1. The molecule has 3 heteroatoms. The van der Waals surface area contributed by atoms with Crippen molar-refractivity contribution in [1.29, 1.82) is 0 Å². The van der Waals surface area contributed by atoms with Crippen LogP contribution >= 0.6 is 0 Å². The van der Waals surface area contributed by atoms with E-state index in [1.165, 1.54) is 37.1 Å². The number of nitrogens with zero attached hydrogens (tertiary/aromatic N) is 2. The molecule has 106 valence electrons. The Hall–Kier alpha value is -1.09. The van der Waals surface area contributed by atoms with Crippen LogP contribution in [0.2, 0.25) is 0 Å². The second-order valence-corrected chi connectivity index (χ2v) is 6.51. The van der Waals surface area contributed by atoms with Gasteiger partial charge in [-0.25, -0.2) is 0 Å². The molecule has 1 aliphatic rings. The van der Waals surface area contributed by atoms with Crippen molar-refractivity contribution in [2.45, 2.75) is 65.1 Å². The lowest BCUT2D eigenvalue weighted by Gasteiger charge is -2.29. The SMILES string of the molecule is CCC1CCCN1c1ccncc1CNC(C)(C)C. The summed E-state index contributed by atoms with van der Waals surface area (Å²) >= 11 is 0. The van der Waals surface area contributed by atoms with E-state index in [0.717, 1.165) is 6.54 Å². The molecule has 0 saturated carbocycles.